The molecule has 2 fully saturated rings. The Labute approximate surface area is 284 Å². The molecule has 2 aliphatic heterocycles. The van der Waals surface area contributed by atoms with E-state index in [0.717, 1.165) is 18.1 Å². The van der Waals surface area contributed by atoms with Crippen molar-refractivity contribution in [2.24, 2.45) is 17.8 Å². The number of hydrogen-bond donors (Lipinski definition) is 5. The first-order chi connectivity index (χ1) is 22.9. The zero-order chi connectivity index (χ0) is 36.9. The van der Waals surface area contributed by atoms with Crippen LogP contribution in [0.1, 0.15) is 65.9 Å². The maximum Gasteiger partial charge on any atom is 0.344 e. The Kier molecular flexibility index (Phi) is 12.5. The van der Waals surface area contributed by atoms with Crippen LogP contribution >= 0.6 is 0 Å². The number of allylic oxidation sites excluding steroid dienone is 1. The van der Waals surface area contributed by atoms with Gasteiger partial charge >= 0.3 is 29.8 Å². The lowest BCUT2D eigenvalue weighted by Gasteiger charge is -2.48. The van der Waals surface area contributed by atoms with Gasteiger partial charge in [-0.25, -0.2) is 19.2 Å². The van der Waals surface area contributed by atoms with E-state index in [1.54, 1.807) is 6.92 Å². The predicted octanol–water partition coefficient (Wildman–Crippen LogP) is 2.88. The van der Waals surface area contributed by atoms with Gasteiger partial charge in [0.15, 0.2) is 6.10 Å². The average molecular weight is 693 g/mol. The predicted molar refractivity (Wildman–Crippen MR) is 171 cm³/mol. The fraction of sp³-hybridized carbons (Fsp3) is 0.571. The summed E-state index contributed by atoms with van der Waals surface area (Å²) in [6.45, 7) is 12.9. The highest BCUT2D eigenvalue weighted by Gasteiger charge is 2.85. The molecule has 0 spiro atoms. The lowest BCUT2D eigenvalue weighted by atomic mass is 9.74. The van der Waals surface area contributed by atoms with E-state index >= 15 is 0 Å². The molecule has 1 aromatic carbocycles. The van der Waals surface area contributed by atoms with Gasteiger partial charge in [-0.3, -0.25) is 4.79 Å². The lowest BCUT2D eigenvalue weighted by molar-refractivity contribution is -0.374. The summed E-state index contributed by atoms with van der Waals surface area (Å²) >= 11 is 0. The third kappa shape index (κ3) is 7.88. The second-order valence-corrected chi connectivity index (χ2v) is 13.1. The molecule has 2 saturated heterocycles. The number of rotatable bonds is 17. The molecule has 0 saturated carbocycles. The van der Waals surface area contributed by atoms with Crippen molar-refractivity contribution in [2.45, 2.75) is 108 Å². The minimum absolute atomic E-state index is 0.123. The number of ether oxygens (including phenoxy) is 4. The number of carbonyl (C=O) groups excluding carboxylic acids is 2. The SMILES string of the molecule is C=C(CC[C@]12O[C@H](C(=O)O)[C@@](O)(C(=O)O)[C@](C(=O)O)(O1)[C@H](OC(=O)/C=C/[C@@H](C)C[C@@H](C)CC)[C@H]2O)[C@@H](OC([13CH3])=O)[C@H](C)[13CH2]c1ccccc1. The molecule has 14 nitrogen and oxygen atoms in total. The molecule has 10 atom stereocenters. The number of carboxylic acids is 3. The fourth-order valence-corrected chi connectivity index (χ4v) is 6.58. The Balaban J connectivity index is 2.02. The van der Waals surface area contributed by atoms with Gasteiger partial charge in [0.2, 0.25) is 23.1 Å². The number of carbonyl (C=O) groups is 5. The van der Waals surface area contributed by atoms with E-state index in [-0.39, 0.29) is 23.8 Å². The minimum atomic E-state index is -3.90. The highest BCUT2D eigenvalue weighted by atomic mass is 16.8. The number of aliphatic hydroxyl groups excluding tert-OH is 1. The lowest BCUT2D eigenvalue weighted by Crippen LogP contribution is -2.78. The van der Waals surface area contributed by atoms with Crippen molar-refractivity contribution >= 4 is 29.8 Å². The number of benzene rings is 1. The normalized spacial score (nSPS) is 30.1. The van der Waals surface area contributed by atoms with E-state index in [2.05, 4.69) is 6.58 Å². The maximum atomic E-state index is 13.0. The van der Waals surface area contributed by atoms with Gasteiger partial charge in [-0.05, 0) is 42.2 Å². The van der Waals surface area contributed by atoms with Crippen LogP contribution in [-0.2, 0) is 49.3 Å². The molecule has 3 rings (SSSR count). The van der Waals surface area contributed by atoms with Crippen LogP contribution < -0.4 is 0 Å². The van der Waals surface area contributed by atoms with Crippen molar-refractivity contribution in [3.8, 4) is 0 Å². The average Bonchev–Trinajstić information content (AvgIpc) is 3.25. The van der Waals surface area contributed by atoms with Gasteiger partial charge < -0.3 is 44.5 Å². The van der Waals surface area contributed by atoms with Crippen LogP contribution in [0.4, 0.5) is 0 Å². The molecule has 49 heavy (non-hydrogen) atoms. The Morgan fingerprint density at radius 3 is 2.20 bits per heavy atom. The zero-order valence-electron chi connectivity index (χ0n) is 28.2. The number of esters is 2. The molecular weight excluding hydrogens is 646 g/mol. The van der Waals surface area contributed by atoms with Crippen molar-refractivity contribution in [1.29, 1.82) is 0 Å². The molecular formula is C35H46O14. The van der Waals surface area contributed by atoms with Gasteiger partial charge in [0.1, 0.15) is 12.2 Å². The van der Waals surface area contributed by atoms with Crippen molar-refractivity contribution < 1.29 is 68.5 Å². The first-order valence-corrected chi connectivity index (χ1v) is 16.1. The topological polar surface area (TPSA) is 223 Å². The maximum absolute atomic E-state index is 13.0. The number of aliphatic hydroxyl groups is 2. The smallest absolute Gasteiger partial charge is 0.344 e. The molecule has 0 aromatic heterocycles. The summed E-state index contributed by atoms with van der Waals surface area (Å²) in [6, 6.07) is 9.29. The van der Waals surface area contributed by atoms with Crippen LogP contribution in [0.5, 0.6) is 0 Å². The second-order valence-electron chi connectivity index (χ2n) is 13.1. The van der Waals surface area contributed by atoms with Crippen molar-refractivity contribution in [3.63, 3.8) is 0 Å². The van der Waals surface area contributed by atoms with Gasteiger partial charge in [-0.1, -0.05) is 77.1 Å². The van der Waals surface area contributed by atoms with E-state index in [4.69, 9.17) is 18.9 Å². The standard InChI is InChI=1S/C35H46O14/c1-7-19(2)17-20(3)13-14-25(37)47-28-27(38)33(48-29(30(39)40)34(45,31(41)42)35(28,49-33)32(43)44)16-15-21(4)26(46-23(6)36)22(5)18-24-11-9-8-10-12-24/h8-14,19-20,22,26-29,38,45H,4,7,15-18H2,1-3,5-6H3,(H,39,40)(H,41,42)(H,43,44)/b14-13+/t19-,20+,22+,26+,27+,28+,29+,33-,34+,35-/m0/s1/i6+1,18+1. The Morgan fingerprint density at radius 2 is 1.67 bits per heavy atom. The highest BCUT2D eigenvalue weighted by molar-refractivity contribution is 5.98. The minimum Gasteiger partial charge on any atom is -0.479 e. The molecule has 2 heterocycles. The number of aliphatic carboxylic acids is 3. The number of fused-ring (bicyclic) bond motifs is 2. The van der Waals surface area contributed by atoms with Crippen LogP contribution in [-0.4, -0.2) is 96.8 Å². The fourth-order valence-electron chi connectivity index (χ4n) is 6.58. The zero-order valence-corrected chi connectivity index (χ0v) is 28.2. The summed E-state index contributed by atoms with van der Waals surface area (Å²) < 4.78 is 22.0. The Morgan fingerprint density at radius 1 is 1.04 bits per heavy atom. The highest BCUT2D eigenvalue weighted by Crippen LogP contribution is 2.56. The number of hydrogen-bond acceptors (Lipinski definition) is 11. The second kappa shape index (κ2) is 15.6. The Bertz CT molecular complexity index is 1440. The first-order valence-electron chi connectivity index (χ1n) is 16.1. The van der Waals surface area contributed by atoms with E-state index in [9.17, 15) is 49.5 Å². The molecule has 0 unspecified atom stereocenters. The van der Waals surface area contributed by atoms with Crippen molar-refractivity contribution in [3.05, 3.63) is 60.2 Å². The molecule has 2 aliphatic rings. The van der Waals surface area contributed by atoms with E-state index in [1.165, 1.54) is 13.0 Å². The quantitative estimate of drug-likeness (QED) is 0.0686. The van der Waals surface area contributed by atoms with Crippen LogP contribution in [0, 0.1) is 17.8 Å². The van der Waals surface area contributed by atoms with E-state index in [0.29, 0.717) is 18.8 Å². The summed E-state index contributed by atoms with van der Waals surface area (Å²) in [7, 11) is 0. The first kappa shape index (κ1) is 39.3. The van der Waals surface area contributed by atoms with E-state index in [1.807, 2.05) is 51.1 Å². The largest absolute Gasteiger partial charge is 0.479 e. The summed E-state index contributed by atoms with van der Waals surface area (Å²) in [5, 5.41) is 53.5. The van der Waals surface area contributed by atoms with Gasteiger partial charge in [0.25, 0.3) is 0 Å². The molecule has 2 bridgehead atoms. The van der Waals surface area contributed by atoms with Gasteiger partial charge in [-0.2, -0.15) is 0 Å². The summed E-state index contributed by atoms with van der Waals surface area (Å²) in [4.78, 5) is 63.0. The monoisotopic (exact) mass is 692 g/mol. The van der Waals surface area contributed by atoms with Gasteiger partial charge in [0, 0.05) is 25.3 Å². The number of carboxylic acid groups (broad SMARTS) is 3. The summed E-state index contributed by atoms with van der Waals surface area (Å²) in [5.74, 6) is -11.3. The van der Waals surface area contributed by atoms with Gasteiger partial charge in [0.05, 0.1) is 0 Å². The third-order valence-electron chi connectivity index (χ3n) is 9.29. The molecule has 270 valence electrons. The molecule has 5 N–H and O–H groups in total. The van der Waals surface area contributed by atoms with Crippen LogP contribution in [0.3, 0.4) is 0 Å². The Hall–Kier alpha value is -4.11. The third-order valence-corrected chi connectivity index (χ3v) is 9.29. The van der Waals surface area contributed by atoms with Gasteiger partial charge in [-0.15, -0.1) is 0 Å². The summed E-state index contributed by atoms with van der Waals surface area (Å²) in [5.41, 5.74) is -6.27. The van der Waals surface area contributed by atoms with Crippen molar-refractivity contribution in [1.82, 2.24) is 0 Å². The van der Waals surface area contributed by atoms with Crippen molar-refractivity contribution in [2.75, 3.05) is 0 Å². The molecule has 0 amide bonds. The van der Waals surface area contributed by atoms with Crippen LogP contribution in [0.15, 0.2) is 54.6 Å². The molecule has 1 aromatic rings. The molecule has 0 radical (unpaired) electrons. The summed E-state index contributed by atoms with van der Waals surface area (Å²) in [6.07, 6.45) is -4.83. The molecule has 0 aliphatic carbocycles. The van der Waals surface area contributed by atoms with E-state index < -0.39 is 77.7 Å². The van der Waals surface area contributed by atoms with Crippen LogP contribution in [0.25, 0.3) is 0 Å². The molecule has 14 heteroatoms. The van der Waals surface area contributed by atoms with Crippen LogP contribution in [0.2, 0.25) is 0 Å².